The molecule has 0 aliphatic rings. The van der Waals surface area contributed by atoms with Gasteiger partial charge in [-0.05, 0) is 37.5 Å². The van der Waals surface area contributed by atoms with Gasteiger partial charge in [-0.25, -0.2) is 9.13 Å². The lowest BCUT2D eigenvalue weighted by molar-refractivity contribution is -0.161. The van der Waals surface area contributed by atoms with Crippen molar-refractivity contribution in [2.45, 2.75) is 304 Å². The van der Waals surface area contributed by atoms with Crippen LogP contribution in [0.4, 0.5) is 0 Å². The van der Waals surface area contributed by atoms with E-state index in [1.807, 2.05) is 0 Å². The topological polar surface area (TPSA) is 237 Å². The van der Waals surface area contributed by atoms with E-state index in [2.05, 4.69) is 41.5 Å². The van der Waals surface area contributed by atoms with Crippen molar-refractivity contribution < 1.29 is 80.2 Å². The van der Waals surface area contributed by atoms with E-state index in [9.17, 15) is 43.2 Å². The Morgan fingerprint density at radius 1 is 0.346 bits per heavy atom. The number of phosphoric ester groups is 2. The first-order valence-electron chi connectivity index (χ1n) is 31.0. The average Bonchev–Trinajstić information content (AvgIpc) is 3.39. The van der Waals surface area contributed by atoms with E-state index in [-0.39, 0.29) is 25.7 Å². The van der Waals surface area contributed by atoms with Crippen molar-refractivity contribution in [3.05, 3.63) is 0 Å². The number of rotatable bonds is 58. The monoisotopic (exact) mass is 1160 g/mol. The Kier molecular flexibility index (Phi) is 50.6. The molecule has 3 N–H and O–H groups in total. The second kappa shape index (κ2) is 51.9. The zero-order valence-corrected chi connectivity index (χ0v) is 51.7. The number of aliphatic hydroxyl groups excluding tert-OH is 1. The lowest BCUT2D eigenvalue weighted by Gasteiger charge is -2.21. The molecule has 0 heterocycles. The third kappa shape index (κ3) is 53.4. The van der Waals surface area contributed by atoms with Gasteiger partial charge in [0.1, 0.15) is 19.3 Å². The van der Waals surface area contributed by atoms with Gasteiger partial charge in [0.25, 0.3) is 0 Å². The van der Waals surface area contributed by atoms with E-state index < -0.39 is 97.5 Å². The number of ether oxygens (including phenoxy) is 4. The second-order valence-corrected chi connectivity index (χ2v) is 25.2. The van der Waals surface area contributed by atoms with Gasteiger partial charge < -0.3 is 33.8 Å². The predicted molar refractivity (Wildman–Crippen MR) is 308 cm³/mol. The van der Waals surface area contributed by atoms with Crippen molar-refractivity contribution in [3.8, 4) is 0 Å². The fourth-order valence-corrected chi connectivity index (χ4v) is 10.2. The summed E-state index contributed by atoms with van der Waals surface area (Å²) in [6, 6.07) is 0. The van der Waals surface area contributed by atoms with Crippen molar-refractivity contribution in [3.63, 3.8) is 0 Å². The Morgan fingerprint density at radius 3 is 0.872 bits per heavy atom. The van der Waals surface area contributed by atoms with Gasteiger partial charge in [0.2, 0.25) is 0 Å². The molecular weight excluding hydrogens is 1040 g/mol. The molecule has 19 heteroatoms. The van der Waals surface area contributed by atoms with E-state index in [4.69, 9.17) is 37.0 Å². The Hall–Kier alpha value is -1.94. The van der Waals surface area contributed by atoms with Crippen molar-refractivity contribution in [2.75, 3.05) is 39.6 Å². The lowest BCUT2D eigenvalue weighted by Crippen LogP contribution is -2.30. The summed E-state index contributed by atoms with van der Waals surface area (Å²) in [6.45, 7) is 9.27. The van der Waals surface area contributed by atoms with Crippen LogP contribution in [0.1, 0.15) is 286 Å². The maximum Gasteiger partial charge on any atom is 0.472 e. The molecule has 2 unspecified atom stereocenters. The average molecular weight is 1160 g/mol. The SMILES string of the molecule is CCCCCCCC(=O)OC[C@H](COP(=O)(O)OC[C@H](O)COP(=O)(O)OC[C@@H](COC(=O)CCCCCCCCCCCC(C)C)OC(=O)CCCCCCCCCCCCCCCC(C)C)OC(=O)CCCCCCC. The fourth-order valence-electron chi connectivity index (χ4n) is 8.65. The Labute approximate surface area is 473 Å². The zero-order valence-electron chi connectivity index (χ0n) is 50.0. The van der Waals surface area contributed by atoms with E-state index >= 15 is 0 Å². The number of hydrogen-bond acceptors (Lipinski definition) is 15. The van der Waals surface area contributed by atoms with Crippen LogP contribution in [0.15, 0.2) is 0 Å². The molecule has 0 aromatic rings. The Balaban J connectivity index is 5.12. The molecule has 78 heavy (non-hydrogen) atoms. The number of carbonyl (C=O) groups excluding carboxylic acids is 4. The van der Waals surface area contributed by atoms with Gasteiger partial charge in [0.15, 0.2) is 12.2 Å². The highest BCUT2D eigenvalue weighted by atomic mass is 31.2. The van der Waals surface area contributed by atoms with Crippen LogP contribution in [0.2, 0.25) is 0 Å². The molecule has 0 radical (unpaired) electrons. The molecule has 0 rings (SSSR count). The van der Waals surface area contributed by atoms with E-state index in [0.717, 1.165) is 108 Å². The minimum absolute atomic E-state index is 0.0985. The lowest BCUT2D eigenvalue weighted by atomic mass is 10.0. The summed E-state index contributed by atoms with van der Waals surface area (Å²) in [4.78, 5) is 71.5. The van der Waals surface area contributed by atoms with Gasteiger partial charge in [0, 0.05) is 25.7 Å². The zero-order chi connectivity index (χ0) is 58.0. The fraction of sp³-hybridized carbons (Fsp3) is 0.932. The molecule has 0 amide bonds. The number of hydrogen-bond donors (Lipinski definition) is 3. The number of aliphatic hydroxyl groups is 1. The number of esters is 4. The maximum atomic E-state index is 12.9. The molecule has 17 nitrogen and oxygen atoms in total. The molecule has 0 saturated heterocycles. The third-order valence-corrected chi connectivity index (χ3v) is 15.4. The molecule has 0 bridgehead atoms. The van der Waals surface area contributed by atoms with E-state index in [1.54, 1.807) is 0 Å². The number of carbonyl (C=O) groups is 4. The quantitative estimate of drug-likeness (QED) is 0.0222. The second-order valence-electron chi connectivity index (χ2n) is 22.3. The van der Waals surface area contributed by atoms with Crippen LogP contribution >= 0.6 is 15.6 Å². The van der Waals surface area contributed by atoms with Crippen LogP contribution in [0.3, 0.4) is 0 Å². The van der Waals surface area contributed by atoms with Crippen LogP contribution in [-0.2, 0) is 65.4 Å². The van der Waals surface area contributed by atoms with Crippen LogP contribution in [-0.4, -0.2) is 96.7 Å². The summed E-state index contributed by atoms with van der Waals surface area (Å²) in [5, 5.41) is 10.5. The molecule has 0 fully saturated rings. The predicted octanol–water partition coefficient (Wildman–Crippen LogP) is 15.7. The standard InChI is InChI=1S/C59H114O17P2/c1-7-9-11-27-35-41-56(61)69-47-54(75-58(63)43-37-28-12-10-8-2)49-73-77(65,66)71-45-53(60)46-72-78(67,68)74-50-55(48-70-57(62)42-36-31-25-22-18-20-24-30-34-40-52(5)6)76-59(64)44-38-32-26-21-17-15-13-14-16-19-23-29-33-39-51(3)4/h51-55,60H,7-50H2,1-6H3,(H,65,66)(H,67,68)/t53-,54+,55+/m0/s1. The van der Waals surface area contributed by atoms with Crippen molar-refractivity contribution in [1.82, 2.24) is 0 Å². The Bertz CT molecular complexity index is 1550. The normalized spacial score (nSPS) is 14.4. The summed E-state index contributed by atoms with van der Waals surface area (Å²) >= 11 is 0. The van der Waals surface area contributed by atoms with E-state index in [1.165, 1.54) is 96.3 Å². The minimum Gasteiger partial charge on any atom is -0.462 e. The summed E-state index contributed by atoms with van der Waals surface area (Å²) in [6.07, 6.45) is 32.9. The summed E-state index contributed by atoms with van der Waals surface area (Å²) in [5.41, 5.74) is 0. The highest BCUT2D eigenvalue weighted by molar-refractivity contribution is 7.47. The van der Waals surface area contributed by atoms with Gasteiger partial charge in [-0.15, -0.1) is 0 Å². The number of unbranched alkanes of at least 4 members (excludes halogenated alkanes) is 28. The molecule has 462 valence electrons. The smallest absolute Gasteiger partial charge is 0.462 e. The summed E-state index contributed by atoms with van der Waals surface area (Å²) in [5.74, 6) is -0.633. The van der Waals surface area contributed by atoms with Crippen LogP contribution in [0.5, 0.6) is 0 Å². The number of phosphoric acid groups is 2. The molecule has 0 aliphatic carbocycles. The highest BCUT2D eigenvalue weighted by Crippen LogP contribution is 2.45. The van der Waals surface area contributed by atoms with Gasteiger partial charge in [-0.1, -0.05) is 234 Å². The molecule has 0 aromatic heterocycles. The summed E-state index contributed by atoms with van der Waals surface area (Å²) < 4.78 is 67.4. The first-order chi connectivity index (χ1) is 37.4. The molecule has 0 aliphatic heterocycles. The van der Waals surface area contributed by atoms with Gasteiger partial charge in [-0.2, -0.15) is 0 Å². The summed E-state index contributed by atoms with van der Waals surface area (Å²) in [7, 11) is -9.86. The largest absolute Gasteiger partial charge is 0.472 e. The van der Waals surface area contributed by atoms with Crippen molar-refractivity contribution in [2.24, 2.45) is 11.8 Å². The molecule has 5 atom stereocenters. The van der Waals surface area contributed by atoms with Gasteiger partial charge >= 0.3 is 39.5 Å². The molecule has 0 aromatic carbocycles. The molecule has 0 spiro atoms. The molecular formula is C59H114O17P2. The third-order valence-electron chi connectivity index (χ3n) is 13.5. The van der Waals surface area contributed by atoms with Crippen LogP contribution in [0, 0.1) is 11.8 Å². The van der Waals surface area contributed by atoms with Crippen LogP contribution < -0.4 is 0 Å². The Morgan fingerprint density at radius 2 is 0.590 bits per heavy atom. The highest BCUT2D eigenvalue weighted by Gasteiger charge is 2.30. The van der Waals surface area contributed by atoms with Crippen molar-refractivity contribution >= 4 is 39.5 Å². The van der Waals surface area contributed by atoms with Gasteiger partial charge in [-0.3, -0.25) is 37.3 Å². The maximum absolute atomic E-state index is 12.9. The molecule has 0 saturated carbocycles. The van der Waals surface area contributed by atoms with E-state index in [0.29, 0.717) is 25.7 Å². The van der Waals surface area contributed by atoms with Crippen molar-refractivity contribution in [1.29, 1.82) is 0 Å². The minimum atomic E-state index is -4.94. The first-order valence-corrected chi connectivity index (χ1v) is 34.0. The van der Waals surface area contributed by atoms with Crippen LogP contribution in [0.25, 0.3) is 0 Å². The first kappa shape index (κ1) is 76.1. The van der Waals surface area contributed by atoms with Gasteiger partial charge in [0.05, 0.1) is 26.4 Å².